The molecule has 4 atom stereocenters. The number of hydrogen-bond donors (Lipinski definition) is 4. The molecule has 2 amide bonds. The molecule has 0 saturated carbocycles. The van der Waals surface area contributed by atoms with Crippen LogP contribution in [0, 0.1) is 0 Å². The van der Waals surface area contributed by atoms with Crippen molar-refractivity contribution in [2.75, 3.05) is 5.32 Å². The molecule has 1 aromatic carbocycles. The lowest BCUT2D eigenvalue weighted by atomic mass is 9.98. The molecule has 0 radical (unpaired) electrons. The Morgan fingerprint density at radius 3 is 2.54 bits per heavy atom. The number of nitrogens with zero attached hydrogens (tertiary/aromatic N) is 2. The molecule has 0 spiro atoms. The van der Waals surface area contributed by atoms with Crippen LogP contribution >= 0.6 is 0 Å². The molecule has 2 aromatic rings. The van der Waals surface area contributed by atoms with E-state index in [4.69, 9.17) is 4.74 Å². The minimum Gasteiger partial charge on any atom is -0.385 e. The molecule has 2 aliphatic rings. The summed E-state index contributed by atoms with van der Waals surface area (Å²) in [6.45, 7) is 1.62. The van der Waals surface area contributed by atoms with Crippen molar-refractivity contribution in [3.05, 3.63) is 63.9 Å². The summed E-state index contributed by atoms with van der Waals surface area (Å²) in [4.78, 5) is 26.3. The number of carbonyl (C=O) groups is 1. The second kappa shape index (κ2) is 6.71. The topological polar surface area (TPSA) is 124 Å². The standard InChI is InChI=1S/C19H21N3O6/c1-19(27)14(24)16(25)28-17(19)22-10-12-7-8-13(23)21(15(12)20-18(22)26)9-11-5-3-2-4-6-11/h2-8,14,16-17,24-25,27H,9-10H2,1H3,(H,20,26)/t14-,16?,17-,19-/m1/s1. The van der Waals surface area contributed by atoms with Crippen LogP contribution in [0.2, 0.25) is 0 Å². The fraction of sp³-hybridized carbons (Fsp3) is 0.368. The fourth-order valence-electron chi connectivity index (χ4n) is 3.61. The summed E-state index contributed by atoms with van der Waals surface area (Å²) in [5.74, 6) is 0.372. The zero-order valence-corrected chi connectivity index (χ0v) is 15.1. The Balaban J connectivity index is 1.67. The summed E-state index contributed by atoms with van der Waals surface area (Å²) < 4.78 is 6.68. The first kappa shape index (κ1) is 18.6. The van der Waals surface area contributed by atoms with Gasteiger partial charge in [-0.25, -0.2) is 4.79 Å². The van der Waals surface area contributed by atoms with Crippen LogP contribution < -0.4 is 10.9 Å². The Morgan fingerprint density at radius 2 is 1.89 bits per heavy atom. The normalized spacial score (nSPS) is 29.5. The molecule has 9 heteroatoms. The molecule has 1 fully saturated rings. The van der Waals surface area contributed by atoms with Gasteiger partial charge in [0, 0.05) is 11.6 Å². The number of rotatable bonds is 3. The van der Waals surface area contributed by atoms with Crippen LogP contribution in [-0.2, 0) is 17.8 Å². The molecule has 1 aromatic heterocycles. The highest BCUT2D eigenvalue weighted by Crippen LogP contribution is 2.35. The van der Waals surface area contributed by atoms with E-state index in [1.807, 2.05) is 30.3 Å². The molecule has 28 heavy (non-hydrogen) atoms. The van der Waals surface area contributed by atoms with Gasteiger partial charge >= 0.3 is 6.03 Å². The van der Waals surface area contributed by atoms with Gasteiger partial charge in [0.15, 0.2) is 12.5 Å². The highest BCUT2D eigenvalue weighted by molar-refractivity contribution is 5.91. The summed E-state index contributed by atoms with van der Waals surface area (Å²) in [5.41, 5.74) is -0.563. The second-order valence-electron chi connectivity index (χ2n) is 7.22. The van der Waals surface area contributed by atoms with Crippen molar-refractivity contribution in [3.63, 3.8) is 0 Å². The number of aromatic nitrogens is 1. The Morgan fingerprint density at radius 1 is 1.18 bits per heavy atom. The van der Waals surface area contributed by atoms with Gasteiger partial charge in [-0.05, 0) is 18.6 Å². The lowest BCUT2D eigenvalue weighted by molar-refractivity contribution is -0.155. The molecule has 148 valence electrons. The van der Waals surface area contributed by atoms with Crippen LogP contribution in [0.15, 0.2) is 47.3 Å². The summed E-state index contributed by atoms with van der Waals surface area (Å²) in [6.07, 6.45) is -4.42. The number of hydrogen-bond acceptors (Lipinski definition) is 6. The average molecular weight is 387 g/mol. The minimum atomic E-state index is -1.85. The third-order valence-corrected chi connectivity index (χ3v) is 5.20. The van der Waals surface area contributed by atoms with Crippen molar-refractivity contribution >= 4 is 11.8 Å². The molecule has 1 saturated heterocycles. The van der Waals surface area contributed by atoms with Gasteiger partial charge in [-0.2, -0.15) is 0 Å². The number of carbonyl (C=O) groups excluding carboxylic acids is 1. The molecule has 2 aliphatic heterocycles. The molecule has 9 nitrogen and oxygen atoms in total. The van der Waals surface area contributed by atoms with E-state index >= 15 is 0 Å². The van der Waals surface area contributed by atoms with E-state index in [1.54, 1.807) is 6.07 Å². The molecule has 0 aliphatic carbocycles. The highest BCUT2D eigenvalue weighted by atomic mass is 16.7. The molecule has 4 N–H and O–H groups in total. The van der Waals surface area contributed by atoms with E-state index in [1.165, 1.54) is 22.5 Å². The second-order valence-corrected chi connectivity index (χ2v) is 7.22. The number of aliphatic hydroxyl groups is 3. The number of nitrogens with one attached hydrogen (secondary N) is 1. The number of benzene rings is 1. The Kier molecular flexibility index (Phi) is 4.47. The van der Waals surface area contributed by atoms with Crippen molar-refractivity contribution in [3.8, 4) is 0 Å². The van der Waals surface area contributed by atoms with Crippen molar-refractivity contribution < 1.29 is 24.9 Å². The number of anilines is 1. The maximum absolute atomic E-state index is 12.7. The van der Waals surface area contributed by atoms with Crippen LogP contribution in [-0.4, -0.2) is 55.0 Å². The number of ether oxygens (including phenoxy) is 1. The first-order chi connectivity index (χ1) is 13.3. The lowest BCUT2D eigenvalue weighted by Crippen LogP contribution is -2.57. The van der Waals surface area contributed by atoms with Gasteiger partial charge in [0.1, 0.15) is 17.5 Å². The summed E-state index contributed by atoms with van der Waals surface area (Å²) in [7, 11) is 0. The van der Waals surface area contributed by atoms with Gasteiger partial charge in [0.05, 0.1) is 13.1 Å². The Bertz CT molecular complexity index is 958. The Labute approximate surface area is 160 Å². The maximum atomic E-state index is 12.7. The van der Waals surface area contributed by atoms with Crippen LogP contribution in [0.5, 0.6) is 0 Å². The minimum absolute atomic E-state index is 0.0382. The van der Waals surface area contributed by atoms with Crippen LogP contribution in [0.3, 0.4) is 0 Å². The van der Waals surface area contributed by atoms with Gasteiger partial charge < -0.3 is 20.1 Å². The maximum Gasteiger partial charge on any atom is 0.325 e. The smallest absolute Gasteiger partial charge is 0.325 e. The van der Waals surface area contributed by atoms with Gasteiger partial charge in [-0.1, -0.05) is 30.3 Å². The van der Waals surface area contributed by atoms with E-state index in [2.05, 4.69) is 5.32 Å². The molecule has 4 rings (SSSR count). The molecular formula is C19H21N3O6. The van der Waals surface area contributed by atoms with Crippen LogP contribution in [0.4, 0.5) is 10.6 Å². The van der Waals surface area contributed by atoms with Crippen LogP contribution in [0.1, 0.15) is 18.1 Å². The monoisotopic (exact) mass is 387 g/mol. The zero-order valence-electron chi connectivity index (χ0n) is 15.1. The number of urea groups is 1. The number of fused-ring (bicyclic) bond motifs is 1. The van der Waals surface area contributed by atoms with Gasteiger partial charge in [-0.3, -0.25) is 19.6 Å². The van der Waals surface area contributed by atoms with Crippen LogP contribution in [0.25, 0.3) is 0 Å². The predicted molar refractivity (Wildman–Crippen MR) is 98.3 cm³/mol. The first-order valence-electron chi connectivity index (χ1n) is 8.87. The number of amides is 2. The molecular weight excluding hydrogens is 366 g/mol. The van der Waals surface area contributed by atoms with E-state index < -0.39 is 30.3 Å². The quantitative estimate of drug-likeness (QED) is 0.589. The van der Waals surface area contributed by atoms with Gasteiger partial charge in [0.25, 0.3) is 5.56 Å². The Hall–Kier alpha value is -2.72. The third-order valence-electron chi connectivity index (χ3n) is 5.20. The van der Waals surface area contributed by atoms with Crippen molar-refractivity contribution in [1.29, 1.82) is 0 Å². The van der Waals surface area contributed by atoms with E-state index in [9.17, 15) is 24.9 Å². The van der Waals surface area contributed by atoms with Crippen molar-refractivity contribution in [2.24, 2.45) is 0 Å². The molecule has 3 heterocycles. The van der Waals surface area contributed by atoms with E-state index in [0.717, 1.165) is 5.56 Å². The summed E-state index contributed by atoms with van der Waals surface area (Å²) in [5, 5.41) is 32.8. The highest BCUT2D eigenvalue weighted by Gasteiger charge is 2.55. The SMILES string of the molecule is C[C@@]1(O)[C@H](O)C(O)O[C@H]1N1Cc2ccc(=O)n(Cc3ccccc3)c2NC1=O. The average Bonchev–Trinajstić information content (AvgIpc) is 2.87. The zero-order chi connectivity index (χ0) is 20.1. The van der Waals surface area contributed by atoms with E-state index in [0.29, 0.717) is 11.4 Å². The number of aliphatic hydroxyl groups excluding tert-OH is 2. The molecule has 0 bridgehead atoms. The largest absolute Gasteiger partial charge is 0.385 e. The first-order valence-corrected chi connectivity index (χ1v) is 8.87. The van der Waals surface area contributed by atoms with Crippen molar-refractivity contribution in [2.45, 2.75) is 44.2 Å². The summed E-state index contributed by atoms with van der Waals surface area (Å²) in [6, 6.07) is 11.8. The summed E-state index contributed by atoms with van der Waals surface area (Å²) >= 11 is 0. The molecule has 1 unspecified atom stereocenters. The third kappa shape index (κ3) is 2.98. The lowest BCUT2D eigenvalue weighted by Gasteiger charge is -2.38. The fourth-order valence-corrected chi connectivity index (χ4v) is 3.61. The van der Waals surface area contributed by atoms with Crippen molar-refractivity contribution in [1.82, 2.24) is 9.47 Å². The predicted octanol–water partition coefficient (Wildman–Crippen LogP) is 0.0307. The van der Waals surface area contributed by atoms with E-state index in [-0.39, 0.29) is 18.6 Å². The number of pyridine rings is 1. The van der Waals surface area contributed by atoms with Gasteiger partial charge in [-0.15, -0.1) is 0 Å². The van der Waals surface area contributed by atoms with Gasteiger partial charge in [0.2, 0.25) is 0 Å².